The van der Waals surface area contributed by atoms with Crippen molar-refractivity contribution in [1.29, 1.82) is 0 Å². The third kappa shape index (κ3) is 4.41. The fraction of sp³-hybridized carbons (Fsp3) is 0.120. The van der Waals surface area contributed by atoms with Crippen molar-refractivity contribution in [3.05, 3.63) is 96.2 Å². The van der Waals surface area contributed by atoms with Crippen LogP contribution < -0.4 is 10.1 Å². The summed E-state index contributed by atoms with van der Waals surface area (Å²) in [4.78, 5) is 26.5. The third-order valence-corrected chi connectivity index (χ3v) is 4.94. The van der Waals surface area contributed by atoms with E-state index in [1.807, 2.05) is 78.9 Å². The van der Waals surface area contributed by atoms with Crippen molar-refractivity contribution in [3.8, 4) is 11.5 Å². The van der Waals surface area contributed by atoms with Crippen LogP contribution in [0.15, 0.2) is 85.1 Å². The Morgan fingerprint density at radius 2 is 1.67 bits per heavy atom. The lowest BCUT2D eigenvalue weighted by molar-refractivity contribution is -0.129. The van der Waals surface area contributed by atoms with E-state index in [0.717, 1.165) is 16.9 Å². The van der Waals surface area contributed by atoms with Gasteiger partial charge in [-0.3, -0.25) is 9.59 Å². The highest BCUT2D eigenvalue weighted by atomic mass is 16.5. The molecule has 1 aliphatic rings. The molecule has 0 bridgehead atoms. The fourth-order valence-corrected chi connectivity index (χ4v) is 3.56. The number of amides is 2. The second-order valence-corrected chi connectivity index (χ2v) is 7.08. The molecule has 30 heavy (non-hydrogen) atoms. The van der Waals surface area contributed by atoms with Crippen molar-refractivity contribution in [2.75, 3.05) is 5.32 Å². The van der Waals surface area contributed by atoms with Gasteiger partial charge in [-0.25, -0.2) is 0 Å². The highest BCUT2D eigenvalue weighted by Crippen LogP contribution is 2.33. The van der Waals surface area contributed by atoms with Crippen molar-refractivity contribution < 1.29 is 14.3 Å². The molecule has 0 radical (unpaired) electrons. The lowest BCUT2D eigenvalue weighted by atomic mass is 9.93. The lowest BCUT2D eigenvalue weighted by Crippen LogP contribution is -2.33. The number of para-hydroxylation sites is 1. The third-order valence-electron chi connectivity index (χ3n) is 4.94. The Hall–Kier alpha value is -3.86. The summed E-state index contributed by atoms with van der Waals surface area (Å²) in [6.07, 6.45) is 3.80. The number of rotatable bonds is 5. The molecule has 3 aromatic carbocycles. The van der Waals surface area contributed by atoms with Crippen LogP contribution in [0.3, 0.4) is 0 Å². The lowest BCUT2D eigenvalue weighted by Gasteiger charge is -2.32. The van der Waals surface area contributed by atoms with Gasteiger partial charge in [-0.05, 0) is 41.5 Å². The number of nitrogens with one attached hydrogen (secondary N) is 1. The highest BCUT2D eigenvalue weighted by Gasteiger charge is 2.28. The van der Waals surface area contributed by atoms with Gasteiger partial charge in [0.2, 0.25) is 11.8 Å². The monoisotopic (exact) mass is 398 g/mol. The quantitative estimate of drug-likeness (QED) is 0.628. The minimum atomic E-state index is -0.340. The molecule has 0 aromatic heterocycles. The Bertz CT molecular complexity index is 1090. The van der Waals surface area contributed by atoms with Crippen LogP contribution in [-0.4, -0.2) is 16.7 Å². The van der Waals surface area contributed by atoms with Crippen LogP contribution in [0.5, 0.6) is 11.5 Å². The van der Waals surface area contributed by atoms with Crippen molar-refractivity contribution in [3.63, 3.8) is 0 Å². The molecule has 0 aliphatic carbocycles. The summed E-state index contributed by atoms with van der Waals surface area (Å²) >= 11 is 0. The summed E-state index contributed by atoms with van der Waals surface area (Å²) in [5.41, 5.74) is 2.63. The standard InChI is InChI=1S/C25H22N2O3/c1-18(28)27-15-14-19-8-5-6-13-23(19)24(27)17-25(29)26-20-9-7-12-22(16-20)30-21-10-3-2-4-11-21/h2-16,24H,17H2,1H3,(H,26,29). The summed E-state index contributed by atoms with van der Waals surface area (Å²) in [5, 5.41) is 2.92. The Balaban J connectivity index is 1.48. The number of carbonyl (C=O) groups is 2. The molecule has 0 saturated heterocycles. The van der Waals surface area contributed by atoms with Crippen LogP contribution in [0.1, 0.15) is 30.5 Å². The van der Waals surface area contributed by atoms with E-state index in [1.165, 1.54) is 6.92 Å². The number of carbonyl (C=O) groups excluding carboxylic acids is 2. The average Bonchev–Trinajstić information content (AvgIpc) is 2.74. The van der Waals surface area contributed by atoms with E-state index in [9.17, 15) is 9.59 Å². The van der Waals surface area contributed by atoms with Crippen LogP contribution >= 0.6 is 0 Å². The normalized spacial score (nSPS) is 14.7. The SMILES string of the molecule is CC(=O)N1C=Cc2ccccc2C1CC(=O)Nc1cccc(Oc2ccccc2)c1. The van der Waals surface area contributed by atoms with Crippen LogP contribution in [0.25, 0.3) is 6.08 Å². The number of nitrogens with zero attached hydrogens (tertiary/aromatic N) is 1. The molecule has 5 nitrogen and oxygen atoms in total. The van der Waals surface area contributed by atoms with E-state index in [1.54, 1.807) is 17.2 Å². The van der Waals surface area contributed by atoms with Crippen LogP contribution in [0.4, 0.5) is 5.69 Å². The zero-order valence-corrected chi connectivity index (χ0v) is 16.6. The number of anilines is 1. The Kier molecular flexibility index (Phi) is 5.61. The van der Waals surface area contributed by atoms with Crippen LogP contribution in [0.2, 0.25) is 0 Å². The minimum Gasteiger partial charge on any atom is -0.457 e. The smallest absolute Gasteiger partial charge is 0.226 e. The molecular weight excluding hydrogens is 376 g/mol. The van der Waals surface area contributed by atoms with E-state index < -0.39 is 0 Å². The number of benzene rings is 3. The highest BCUT2D eigenvalue weighted by molar-refractivity contribution is 5.92. The molecule has 1 heterocycles. The number of hydrogen-bond acceptors (Lipinski definition) is 3. The maximum atomic E-state index is 12.8. The summed E-state index contributed by atoms with van der Waals surface area (Å²) in [5.74, 6) is 1.09. The van der Waals surface area contributed by atoms with Crippen molar-refractivity contribution >= 4 is 23.6 Å². The van der Waals surface area contributed by atoms with E-state index >= 15 is 0 Å². The van der Waals surface area contributed by atoms with E-state index in [0.29, 0.717) is 11.4 Å². The first kappa shape index (κ1) is 19.5. The first-order valence-corrected chi connectivity index (χ1v) is 9.79. The first-order chi connectivity index (χ1) is 14.6. The molecule has 2 amide bonds. The average molecular weight is 398 g/mol. The van der Waals surface area contributed by atoms with Crippen molar-refractivity contribution in [2.45, 2.75) is 19.4 Å². The maximum absolute atomic E-state index is 12.8. The molecule has 1 atom stereocenters. The number of fused-ring (bicyclic) bond motifs is 1. The summed E-state index contributed by atoms with van der Waals surface area (Å²) < 4.78 is 5.83. The van der Waals surface area contributed by atoms with Crippen molar-refractivity contribution in [2.24, 2.45) is 0 Å². The Morgan fingerprint density at radius 3 is 2.47 bits per heavy atom. The van der Waals surface area contributed by atoms with E-state index in [2.05, 4.69) is 5.32 Å². The zero-order valence-electron chi connectivity index (χ0n) is 16.6. The van der Waals surface area contributed by atoms with Crippen LogP contribution in [-0.2, 0) is 9.59 Å². The zero-order chi connectivity index (χ0) is 20.9. The van der Waals surface area contributed by atoms with E-state index in [4.69, 9.17) is 4.74 Å². The van der Waals surface area contributed by atoms with Gasteiger partial charge in [0.15, 0.2) is 0 Å². The second-order valence-electron chi connectivity index (χ2n) is 7.08. The largest absolute Gasteiger partial charge is 0.457 e. The number of ether oxygens (including phenoxy) is 1. The van der Waals surface area contributed by atoms with Gasteiger partial charge < -0.3 is 15.0 Å². The minimum absolute atomic E-state index is 0.100. The van der Waals surface area contributed by atoms with Gasteiger partial charge in [0.1, 0.15) is 11.5 Å². The van der Waals surface area contributed by atoms with Gasteiger partial charge in [-0.2, -0.15) is 0 Å². The van der Waals surface area contributed by atoms with Gasteiger partial charge in [-0.1, -0.05) is 48.5 Å². The van der Waals surface area contributed by atoms with Gasteiger partial charge in [0, 0.05) is 24.9 Å². The Labute approximate surface area is 175 Å². The molecule has 4 rings (SSSR count). The van der Waals surface area contributed by atoms with Crippen molar-refractivity contribution in [1.82, 2.24) is 4.90 Å². The molecular formula is C25H22N2O3. The number of hydrogen-bond donors (Lipinski definition) is 1. The predicted octanol–water partition coefficient (Wildman–Crippen LogP) is 5.38. The molecule has 5 heteroatoms. The van der Waals surface area contributed by atoms with Gasteiger partial charge in [0.05, 0.1) is 12.5 Å². The Morgan fingerprint density at radius 1 is 0.933 bits per heavy atom. The van der Waals surface area contributed by atoms with Gasteiger partial charge in [0.25, 0.3) is 0 Å². The summed E-state index contributed by atoms with van der Waals surface area (Å²) in [6.45, 7) is 1.51. The molecule has 3 aromatic rings. The molecule has 0 saturated carbocycles. The van der Waals surface area contributed by atoms with E-state index in [-0.39, 0.29) is 24.3 Å². The van der Waals surface area contributed by atoms with Gasteiger partial charge in [-0.15, -0.1) is 0 Å². The molecule has 1 unspecified atom stereocenters. The second kappa shape index (κ2) is 8.66. The predicted molar refractivity (Wildman–Crippen MR) is 117 cm³/mol. The van der Waals surface area contributed by atoms with Gasteiger partial charge >= 0.3 is 0 Å². The summed E-state index contributed by atoms with van der Waals surface area (Å²) in [6, 6.07) is 24.2. The molecule has 0 spiro atoms. The van der Waals surface area contributed by atoms with Crippen LogP contribution in [0, 0.1) is 0 Å². The molecule has 1 N–H and O–H groups in total. The first-order valence-electron chi connectivity index (χ1n) is 9.79. The maximum Gasteiger partial charge on any atom is 0.226 e. The molecule has 150 valence electrons. The molecule has 1 aliphatic heterocycles. The molecule has 0 fully saturated rings. The fourth-order valence-electron chi connectivity index (χ4n) is 3.56. The summed E-state index contributed by atoms with van der Waals surface area (Å²) in [7, 11) is 0. The topological polar surface area (TPSA) is 58.6 Å².